The summed E-state index contributed by atoms with van der Waals surface area (Å²) in [5.74, 6) is -3.16. The lowest BCUT2D eigenvalue weighted by molar-refractivity contribution is -0.150. The van der Waals surface area contributed by atoms with Crippen molar-refractivity contribution in [3.8, 4) is 5.75 Å². The fourth-order valence-electron chi connectivity index (χ4n) is 1.24. The summed E-state index contributed by atoms with van der Waals surface area (Å²) < 4.78 is 79.0. The van der Waals surface area contributed by atoms with Crippen molar-refractivity contribution in [2.24, 2.45) is 0 Å². The molecule has 0 fully saturated rings. The molecule has 1 N–H and O–H groups in total. The van der Waals surface area contributed by atoms with Crippen molar-refractivity contribution in [3.05, 3.63) is 23.0 Å². The molecule has 0 aliphatic carbocycles. The van der Waals surface area contributed by atoms with Crippen LogP contribution >= 0.6 is 0 Å². The first kappa shape index (κ1) is 15.1. The molecule has 4 nitrogen and oxygen atoms in total. The number of aromatic nitrogens is 1. The van der Waals surface area contributed by atoms with Crippen LogP contribution < -0.4 is 4.74 Å². The zero-order valence-electron chi connectivity index (χ0n) is 9.06. The van der Waals surface area contributed by atoms with Crippen LogP contribution in [-0.2, 0) is 12.4 Å². The van der Waals surface area contributed by atoms with E-state index in [0.29, 0.717) is 0 Å². The van der Waals surface area contributed by atoms with Gasteiger partial charge in [-0.3, -0.25) is 0 Å². The van der Waals surface area contributed by atoms with Gasteiger partial charge in [0.15, 0.2) is 5.69 Å². The highest BCUT2D eigenvalue weighted by Gasteiger charge is 2.43. The number of rotatable bonds is 2. The van der Waals surface area contributed by atoms with Gasteiger partial charge in [-0.2, -0.15) is 26.3 Å². The van der Waals surface area contributed by atoms with Gasteiger partial charge in [-0.05, 0) is 0 Å². The number of alkyl halides is 6. The van der Waals surface area contributed by atoms with Crippen molar-refractivity contribution in [1.82, 2.24) is 4.98 Å². The Labute approximate surface area is 101 Å². The molecule has 0 saturated carbocycles. The maximum atomic E-state index is 12.5. The quantitative estimate of drug-likeness (QED) is 0.850. The molecule has 1 rings (SSSR count). The van der Waals surface area contributed by atoms with Gasteiger partial charge < -0.3 is 9.84 Å². The van der Waals surface area contributed by atoms with E-state index >= 15 is 0 Å². The fourth-order valence-corrected chi connectivity index (χ4v) is 1.24. The molecule has 0 aliphatic rings. The SMILES string of the molecule is COc1cc(C(F)(F)F)nc(C(F)(F)F)c1C(=O)O. The maximum absolute atomic E-state index is 12.5. The van der Waals surface area contributed by atoms with Crippen LogP contribution in [0.3, 0.4) is 0 Å². The predicted octanol–water partition coefficient (Wildman–Crippen LogP) is 2.83. The molecule has 106 valence electrons. The highest BCUT2D eigenvalue weighted by molar-refractivity contribution is 5.92. The van der Waals surface area contributed by atoms with Crippen molar-refractivity contribution < 1.29 is 41.0 Å². The van der Waals surface area contributed by atoms with Crippen LogP contribution in [0.4, 0.5) is 26.3 Å². The van der Waals surface area contributed by atoms with E-state index in [4.69, 9.17) is 5.11 Å². The number of carbonyl (C=O) groups is 1. The molecule has 0 aromatic carbocycles. The summed E-state index contributed by atoms with van der Waals surface area (Å²) in [4.78, 5) is 13.0. The molecule has 0 aliphatic heterocycles. The number of carboxylic acids is 1. The van der Waals surface area contributed by atoms with Gasteiger partial charge in [-0.25, -0.2) is 9.78 Å². The first-order valence-electron chi connectivity index (χ1n) is 4.45. The molecular formula is C9H5F6NO3. The number of aromatic carboxylic acids is 1. The number of hydrogen-bond acceptors (Lipinski definition) is 3. The first-order chi connectivity index (χ1) is 8.48. The number of halogens is 6. The van der Waals surface area contributed by atoms with E-state index in [1.54, 1.807) is 0 Å². The molecule has 0 amide bonds. The number of methoxy groups -OCH3 is 1. The average molecular weight is 289 g/mol. The van der Waals surface area contributed by atoms with Gasteiger partial charge in [0.1, 0.15) is 17.0 Å². The second-order valence-electron chi connectivity index (χ2n) is 3.23. The summed E-state index contributed by atoms with van der Waals surface area (Å²) >= 11 is 0. The Morgan fingerprint density at radius 3 is 2.05 bits per heavy atom. The standard InChI is InChI=1S/C9H5F6NO3/c1-19-3-2-4(8(10,11)12)16-6(9(13,14)15)5(3)7(17)18/h2H,1H3,(H,17,18). The lowest BCUT2D eigenvalue weighted by Crippen LogP contribution is -2.20. The van der Waals surface area contributed by atoms with Gasteiger partial charge in [0, 0.05) is 6.07 Å². The van der Waals surface area contributed by atoms with E-state index in [0.717, 1.165) is 7.11 Å². The molecule has 1 aromatic rings. The van der Waals surface area contributed by atoms with Gasteiger partial charge in [0.25, 0.3) is 0 Å². The Morgan fingerprint density at radius 2 is 1.74 bits per heavy atom. The molecule has 1 aromatic heterocycles. The predicted molar refractivity (Wildman–Crippen MR) is 47.8 cm³/mol. The molecule has 0 spiro atoms. The van der Waals surface area contributed by atoms with E-state index in [9.17, 15) is 31.1 Å². The molecule has 0 unspecified atom stereocenters. The summed E-state index contributed by atoms with van der Waals surface area (Å²) in [6.07, 6.45) is -10.5. The maximum Gasteiger partial charge on any atom is 0.434 e. The minimum Gasteiger partial charge on any atom is -0.496 e. The van der Waals surface area contributed by atoms with Crippen LogP contribution in [0.15, 0.2) is 6.07 Å². The van der Waals surface area contributed by atoms with E-state index in [-0.39, 0.29) is 6.07 Å². The van der Waals surface area contributed by atoms with Crippen molar-refractivity contribution in [3.63, 3.8) is 0 Å². The topological polar surface area (TPSA) is 59.4 Å². The van der Waals surface area contributed by atoms with Crippen molar-refractivity contribution >= 4 is 5.97 Å². The summed E-state index contributed by atoms with van der Waals surface area (Å²) in [6, 6.07) is 0.0959. The first-order valence-corrected chi connectivity index (χ1v) is 4.45. The lowest BCUT2D eigenvalue weighted by Gasteiger charge is -2.15. The van der Waals surface area contributed by atoms with Gasteiger partial charge in [0.2, 0.25) is 0 Å². The molecule has 0 saturated heterocycles. The third-order valence-electron chi connectivity index (χ3n) is 1.98. The summed E-state index contributed by atoms with van der Waals surface area (Å²) in [6.45, 7) is 0. The third-order valence-corrected chi connectivity index (χ3v) is 1.98. The Kier molecular flexibility index (Phi) is 3.64. The van der Waals surface area contributed by atoms with Crippen molar-refractivity contribution in [1.29, 1.82) is 0 Å². The van der Waals surface area contributed by atoms with E-state index in [2.05, 4.69) is 9.72 Å². The molecule has 19 heavy (non-hydrogen) atoms. The molecular weight excluding hydrogens is 284 g/mol. The molecule has 0 radical (unpaired) electrons. The Morgan fingerprint density at radius 1 is 1.21 bits per heavy atom. The van der Waals surface area contributed by atoms with Gasteiger partial charge >= 0.3 is 18.3 Å². The third kappa shape index (κ3) is 3.06. The zero-order valence-corrected chi connectivity index (χ0v) is 9.06. The normalized spacial score (nSPS) is 12.4. The van der Waals surface area contributed by atoms with Crippen LogP contribution in [0.25, 0.3) is 0 Å². The summed E-state index contributed by atoms with van der Waals surface area (Å²) in [7, 11) is 0.752. The summed E-state index contributed by atoms with van der Waals surface area (Å²) in [5.41, 5.74) is -5.52. The van der Waals surface area contributed by atoms with Crippen molar-refractivity contribution in [2.45, 2.75) is 12.4 Å². The number of ether oxygens (including phenoxy) is 1. The monoisotopic (exact) mass is 289 g/mol. The summed E-state index contributed by atoms with van der Waals surface area (Å²) in [5, 5.41) is 8.63. The van der Waals surface area contributed by atoms with Crippen LogP contribution in [-0.4, -0.2) is 23.2 Å². The van der Waals surface area contributed by atoms with Gasteiger partial charge in [0.05, 0.1) is 7.11 Å². The van der Waals surface area contributed by atoms with Crippen LogP contribution in [0.2, 0.25) is 0 Å². The van der Waals surface area contributed by atoms with E-state index < -0.39 is 41.0 Å². The van der Waals surface area contributed by atoms with Gasteiger partial charge in [-0.15, -0.1) is 0 Å². The smallest absolute Gasteiger partial charge is 0.434 e. The Bertz CT molecular complexity index is 508. The highest BCUT2D eigenvalue weighted by atomic mass is 19.4. The molecule has 0 atom stereocenters. The molecule has 1 heterocycles. The lowest BCUT2D eigenvalue weighted by atomic mass is 10.1. The zero-order chi connectivity index (χ0) is 15.0. The van der Waals surface area contributed by atoms with E-state index in [1.165, 1.54) is 0 Å². The average Bonchev–Trinajstić information content (AvgIpc) is 2.24. The highest BCUT2D eigenvalue weighted by Crippen LogP contribution is 2.38. The minimum absolute atomic E-state index is 0.0959. The Hall–Kier alpha value is -2.00. The van der Waals surface area contributed by atoms with Crippen molar-refractivity contribution in [2.75, 3.05) is 7.11 Å². The number of nitrogens with zero attached hydrogens (tertiary/aromatic N) is 1. The second-order valence-corrected chi connectivity index (χ2v) is 3.23. The van der Waals surface area contributed by atoms with Gasteiger partial charge in [-0.1, -0.05) is 0 Å². The number of carboxylic acid groups (broad SMARTS) is 1. The molecule has 0 bridgehead atoms. The largest absolute Gasteiger partial charge is 0.496 e. The fraction of sp³-hybridized carbons (Fsp3) is 0.333. The molecule has 10 heteroatoms. The Balaban J connectivity index is 3.70. The second kappa shape index (κ2) is 4.59. The minimum atomic E-state index is -5.36. The van der Waals surface area contributed by atoms with Crippen LogP contribution in [0.5, 0.6) is 5.75 Å². The van der Waals surface area contributed by atoms with E-state index in [1.807, 2.05) is 0 Å². The van der Waals surface area contributed by atoms with Crippen LogP contribution in [0, 0.1) is 0 Å². The van der Waals surface area contributed by atoms with Crippen LogP contribution in [0.1, 0.15) is 21.7 Å². The number of pyridine rings is 1. The number of hydrogen-bond donors (Lipinski definition) is 1.